The van der Waals surface area contributed by atoms with Crippen molar-refractivity contribution in [2.24, 2.45) is 0 Å². The molecule has 0 unspecified atom stereocenters. The van der Waals surface area contributed by atoms with E-state index in [0.29, 0.717) is 18.9 Å². The fourth-order valence-electron chi connectivity index (χ4n) is 2.88. The first-order chi connectivity index (χ1) is 12.3. The third kappa shape index (κ3) is 6.52. The van der Waals surface area contributed by atoms with E-state index < -0.39 is 12.0 Å². The number of fused-ring (bicyclic) bond motifs is 1. The van der Waals surface area contributed by atoms with Gasteiger partial charge in [-0.2, -0.15) is 0 Å². The van der Waals surface area contributed by atoms with Crippen LogP contribution >= 0.6 is 0 Å². The van der Waals surface area contributed by atoms with Gasteiger partial charge < -0.3 is 10.1 Å². The number of alkyl halides is 2. The molecular formula is C19H29F2N3O2. The minimum atomic E-state index is -2.31. The minimum absolute atomic E-state index is 0.262. The molecule has 0 aromatic carbocycles. The molecule has 7 heteroatoms. The molecule has 0 atom stereocenters. The number of aromatic nitrogens is 1. The minimum Gasteiger partial charge on any atom is -0.443 e. The van der Waals surface area contributed by atoms with Crippen LogP contribution in [-0.2, 0) is 17.6 Å². The molecular weight excluding hydrogens is 340 g/mol. The van der Waals surface area contributed by atoms with Crippen molar-refractivity contribution in [1.29, 1.82) is 0 Å². The number of rotatable bonds is 7. The van der Waals surface area contributed by atoms with Gasteiger partial charge in [-0.1, -0.05) is 6.07 Å². The van der Waals surface area contributed by atoms with Crippen LogP contribution in [0.3, 0.4) is 0 Å². The number of nitrogens with one attached hydrogen (secondary N) is 1. The van der Waals surface area contributed by atoms with Crippen molar-refractivity contribution in [2.75, 3.05) is 24.5 Å². The van der Waals surface area contributed by atoms with E-state index in [-0.39, 0.29) is 12.6 Å². The van der Waals surface area contributed by atoms with Crippen molar-refractivity contribution >= 4 is 11.9 Å². The number of hydrogen-bond acceptors (Lipinski definition) is 4. The van der Waals surface area contributed by atoms with E-state index in [2.05, 4.69) is 10.3 Å². The monoisotopic (exact) mass is 369 g/mol. The lowest BCUT2D eigenvalue weighted by molar-refractivity contribution is 0.0576. The summed E-state index contributed by atoms with van der Waals surface area (Å²) in [7, 11) is 0. The van der Waals surface area contributed by atoms with Crippen molar-refractivity contribution < 1.29 is 18.3 Å². The van der Waals surface area contributed by atoms with Crippen LogP contribution in [0.5, 0.6) is 0 Å². The smallest absolute Gasteiger partial charge is 0.416 e. The lowest BCUT2D eigenvalue weighted by atomic mass is 10.0. The van der Waals surface area contributed by atoms with Gasteiger partial charge in [0.2, 0.25) is 0 Å². The number of carbonyl (C=O) groups excluding carboxylic acids is 1. The molecule has 0 radical (unpaired) electrons. The largest absolute Gasteiger partial charge is 0.443 e. The van der Waals surface area contributed by atoms with Crippen LogP contribution in [-0.4, -0.2) is 42.7 Å². The average molecular weight is 369 g/mol. The molecule has 0 fully saturated rings. The van der Waals surface area contributed by atoms with Gasteiger partial charge in [0.25, 0.3) is 6.43 Å². The normalized spacial score (nSPS) is 14.5. The van der Waals surface area contributed by atoms with E-state index in [0.717, 1.165) is 43.4 Å². The van der Waals surface area contributed by atoms with E-state index in [1.807, 2.05) is 32.9 Å². The molecule has 26 heavy (non-hydrogen) atoms. The summed E-state index contributed by atoms with van der Waals surface area (Å²) in [6.07, 6.45) is 1.54. The number of aryl methyl sites for hydroxylation is 2. The summed E-state index contributed by atoms with van der Waals surface area (Å²) in [5.41, 5.74) is 1.43. The van der Waals surface area contributed by atoms with Gasteiger partial charge in [0.15, 0.2) is 0 Å². The summed E-state index contributed by atoms with van der Waals surface area (Å²) >= 11 is 0. The Labute approximate surface area is 154 Å². The molecule has 0 spiro atoms. The standard InChI is InChI=1S/C19H29F2N3O2/c1-19(2,3)26-18(25)24-12-6-7-14-9-10-15(23-17(14)24)8-4-5-11-22-13-16(20)21/h9-10,16,22H,4-8,11-13H2,1-3H3. The highest BCUT2D eigenvalue weighted by Crippen LogP contribution is 2.27. The molecule has 2 rings (SSSR count). The summed E-state index contributed by atoms with van der Waals surface area (Å²) in [5.74, 6) is 0.693. The molecule has 0 saturated carbocycles. The Bertz CT molecular complexity index is 603. The maximum absolute atomic E-state index is 12.5. The third-order valence-electron chi connectivity index (χ3n) is 4.05. The van der Waals surface area contributed by atoms with Crippen LogP contribution in [0, 0.1) is 0 Å². The lowest BCUT2D eigenvalue weighted by Crippen LogP contribution is -2.40. The zero-order chi connectivity index (χ0) is 19.2. The molecule has 0 saturated heterocycles. The Morgan fingerprint density at radius 2 is 2.12 bits per heavy atom. The molecule has 1 N–H and O–H groups in total. The lowest BCUT2D eigenvalue weighted by Gasteiger charge is -2.31. The van der Waals surface area contributed by atoms with Crippen LogP contribution in [0.2, 0.25) is 0 Å². The number of pyridine rings is 1. The number of anilines is 1. The van der Waals surface area contributed by atoms with Crippen LogP contribution in [0.4, 0.5) is 19.4 Å². The quantitative estimate of drug-likeness (QED) is 0.740. The molecule has 0 aliphatic carbocycles. The van der Waals surface area contributed by atoms with Crippen LogP contribution in [0.1, 0.15) is 51.3 Å². The van der Waals surface area contributed by atoms with Crippen molar-refractivity contribution in [3.8, 4) is 0 Å². The van der Waals surface area contributed by atoms with Crippen LogP contribution in [0.15, 0.2) is 12.1 Å². The van der Waals surface area contributed by atoms with Crippen molar-refractivity contribution in [3.63, 3.8) is 0 Å². The average Bonchev–Trinajstić information content (AvgIpc) is 2.55. The van der Waals surface area contributed by atoms with E-state index in [9.17, 15) is 13.6 Å². The second kappa shape index (κ2) is 9.26. The molecule has 0 bridgehead atoms. The van der Waals surface area contributed by atoms with Crippen molar-refractivity contribution in [2.45, 2.75) is 64.9 Å². The molecule has 2 heterocycles. The first-order valence-electron chi connectivity index (χ1n) is 9.24. The molecule has 5 nitrogen and oxygen atoms in total. The summed E-state index contributed by atoms with van der Waals surface area (Å²) < 4.78 is 29.6. The Balaban J connectivity index is 1.94. The molecule has 1 amide bonds. The van der Waals surface area contributed by atoms with E-state index in [1.54, 1.807) is 4.90 Å². The Hall–Kier alpha value is -1.76. The van der Waals surface area contributed by atoms with Gasteiger partial charge in [-0.3, -0.25) is 4.90 Å². The van der Waals surface area contributed by atoms with Gasteiger partial charge in [0.1, 0.15) is 11.4 Å². The molecule has 1 aliphatic rings. The first kappa shape index (κ1) is 20.6. The molecule has 1 aromatic rings. The highest BCUT2D eigenvalue weighted by molar-refractivity contribution is 5.88. The first-order valence-corrected chi connectivity index (χ1v) is 9.24. The summed E-state index contributed by atoms with van der Waals surface area (Å²) in [6, 6.07) is 4.02. The summed E-state index contributed by atoms with van der Waals surface area (Å²) in [4.78, 5) is 18.8. The van der Waals surface area contributed by atoms with Crippen LogP contribution in [0.25, 0.3) is 0 Å². The number of hydrogen-bond donors (Lipinski definition) is 1. The Morgan fingerprint density at radius 1 is 1.35 bits per heavy atom. The fraction of sp³-hybridized carbons (Fsp3) is 0.684. The Morgan fingerprint density at radius 3 is 2.81 bits per heavy atom. The highest BCUT2D eigenvalue weighted by Gasteiger charge is 2.28. The zero-order valence-electron chi connectivity index (χ0n) is 15.9. The topological polar surface area (TPSA) is 54.5 Å². The number of nitrogens with zero attached hydrogens (tertiary/aromatic N) is 2. The van der Waals surface area contributed by atoms with Gasteiger partial charge in [0.05, 0.1) is 6.54 Å². The maximum atomic E-state index is 12.5. The van der Waals surface area contributed by atoms with Crippen molar-refractivity contribution in [3.05, 3.63) is 23.4 Å². The fourth-order valence-corrected chi connectivity index (χ4v) is 2.88. The molecule has 1 aliphatic heterocycles. The second-order valence-electron chi connectivity index (χ2n) is 7.57. The third-order valence-corrected chi connectivity index (χ3v) is 4.05. The number of carbonyl (C=O) groups is 1. The number of halogens is 2. The van der Waals surface area contributed by atoms with Gasteiger partial charge in [-0.05, 0) is 71.0 Å². The molecule has 146 valence electrons. The highest BCUT2D eigenvalue weighted by atomic mass is 19.3. The summed E-state index contributed by atoms with van der Waals surface area (Å²) in [6.45, 7) is 6.46. The van der Waals surface area contributed by atoms with Gasteiger partial charge in [-0.15, -0.1) is 0 Å². The number of ether oxygens (including phenoxy) is 1. The van der Waals surface area contributed by atoms with Crippen molar-refractivity contribution in [1.82, 2.24) is 10.3 Å². The predicted molar refractivity (Wildman–Crippen MR) is 97.9 cm³/mol. The number of amides is 1. The van der Waals surface area contributed by atoms with E-state index in [1.165, 1.54) is 0 Å². The second-order valence-corrected chi connectivity index (χ2v) is 7.57. The SMILES string of the molecule is CC(C)(C)OC(=O)N1CCCc2ccc(CCCCNCC(F)F)nc21. The van der Waals surface area contributed by atoms with E-state index >= 15 is 0 Å². The predicted octanol–water partition coefficient (Wildman–Crippen LogP) is 3.95. The van der Waals surface area contributed by atoms with Gasteiger partial charge >= 0.3 is 6.09 Å². The summed E-state index contributed by atoms with van der Waals surface area (Å²) in [5, 5.41) is 2.72. The van der Waals surface area contributed by atoms with Gasteiger partial charge in [0, 0.05) is 12.2 Å². The molecule has 1 aromatic heterocycles. The maximum Gasteiger partial charge on any atom is 0.416 e. The van der Waals surface area contributed by atoms with Gasteiger partial charge in [-0.25, -0.2) is 18.6 Å². The zero-order valence-corrected chi connectivity index (χ0v) is 15.9. The van der Waals surface area contributed by atoms with E-state index in [4.69, 9.17) is 4.74 Å². The van der Waals surface area contributed by atoms with Crippen LogP contribution < -0.4 is 10.2 Å². The number of unbranched alkanes of at least 4 members (excludes halogenated alkanes) is 1. The Kier molecular flexibility index (Phi) is 7.32.